The topological polar surface area (TPSA) is 55.8 Å². The van der Waals surface area contributed by atoms with Gasteiger partial charge in [-0.05, 0) is 5.56 Å². The highest BCUT2D eigenvalue weighted by Gasteiger charge is 2.37. The summed E-state index contributed by atoms with van der Waals surface area (Å²) in [7, 11) is 2.81. The first-order valence-corrected chi connectivity index (χ1v) is 5.12. The Morgan fingerprint density at radius 1 is 1.29 bits per heavy atom. The number of carboxylic acids is 1. The van der Waals surface area contributed by atoms with Gasteiger partial charge in [0.2, 0.25) is 5.79 Å². The summed E-state index contributed by atoms with van der Waals surface area (Å²) in [5.41, 5.74) is 0.796. The van der Waals surface area contributed by atoms with Crippen molar-refractivity contribution in [2.24, 2.45) is 0 Å². The molecular weight excluding hydrogens is 220 g/mol. The van der Waals surface area contributed by atoms with Crippen LogP contribution in [0.25, 0.3) is 0 Å². The Balaban J connectivity index is 3.01. The predicted octanol–water partition coefficient (Wildman–Crippen LogP) is 1.86. The molecule has 1 aromatic carbocycles. The van der Waals surface area contributed by atoms with Crippen molar-refractivity contribution in [3.63, 3.8) is 0 Å². The van der Waals surface area contributed by atoms with Crippen LogP contribution in [0.4, 0.5) is 0 Å². The van der Waals surface area contributed by atoms with Gasteiger partial charge in [-0.2, -0.15) is 0 Å². The zero-order valence-corrected chi connectivity index (χ0v) is 9.97. The molecular formula is C13H16O4. The molecule has 4 nitrogen and oxygen atoms in total. The van der Waals surface area contributed by atoms with Gasteiger partial charge in [0.15, 0.2) is 0 Å². The summed E-state index contributed by atoms with van der Waals surface area (Å²) < 4.78 is 10.4. The summed E-state index contributed by atoms with van der Waals surface area (Å²) in [6, 6.07) is 9.38. The molecule has 0 radical (unpaired) electrons. The second kappa shape index (κ2) is 5.61. The highest BCUT2D eigenvalue weighted by Crippen LogP contribution is 2.26. The van der Waals surface area contributed by atoms with Crippen LogP contribution in [0.2, 0.25) is 0 Å². The molecule has 4 heteroatoms. The maximum atomic E-state index is 11.0. The Morgan fingerprint density at radius 2 is 1.82 bits per heavy atom. The van der Waals surface area contributed by atoms with E-state index in [0.29, 0.717) is 6.42 Å². The zero-order valence-electron chi connectivity index (χ0n) is 9.97. The number of hydrogen-bond donors (Lipinski definition) is 1. The number of ether oxygens (including phenoxy) is 2. The molecule has 0 aliphatic heterocycles. The van der Waals surface area contributed by atoms with Gasteiger partial charge >= 0.3 is 5.97 Å². The molecule has 0 saturated heterocycles. The van der Waals surface area contributed by atoms with E-state index >= 15 is 0 Å². The Bertz CT molecular complexity index is 393. The van der Waals surface area contributed by atoms with E-state index < -0.39 is 11.8 Å². The number of carbonyl (C=O) groups is 1. The molecule has 0 saturated carbocycles. The second-order valence-corrected chi connectivity index (χ2v) is 3.61. The van der Waals surface area contributed by atoms with Crippen LogP contribution in [0.15, 0.2) is 42.5 Å². The fourth-order valence-corrected chi connectivity index (χ4v) is 1.61. The smallest absolute Gasteiger partial charge is 0.336 e. The van der Waals surface area contributed by atoms with Gasteiger partial charge in [-0.3, -0.25) is 0 Å². The van der Waals surface area contributed by atoms with E-state index in [1.807, 2.05) is 30.3 Å². The Morgan fingerprint density at radius 3 is 2.24 bits per heavy atom. The van der Waals surface area contributed by atoms with Gasteiger partial charge in [0.1, 0.15) is 0 Å². The average molecular weight is 236 g/mol. The van der Waals surface area contributed by atoms with Crippen molar-refractivity contribution in [2.75, 3.05) is 14.2 Å². The third kappa shape index (κ3) is 2.93. The van der Waals surface area contributed by atoms with E-state index in [1.54, 1.807) is 0 Å². The summed E-state index contributed by atoms with van der Waals surface area (Å²) in [4.78, 5) is 11.0. The normalized spacial score (nSPS) is 11.2. The molecule has 1 aromatic rings. The molecule has 0 spiro atoms. The summed E-state index contributed by atoms with van der Waals surface area (Å²) >= 11 is 0. The van der Waals surface area contributed by atoms with Gasteiger partial charge in [0.05, 0.1) is 5.57 Å². The fourth-order valence-electron chi connectivity index (χ4n) is 1.61. The zero-order chi connectivity index (χ0) is 12.9. The maximum absolute atomic E-state index is 11.0. The molecule has 0 aromatic heterocycles. The molecule has 0 heterocycles. The summed E-state index contributed by atoms with van der Waals surface area (Å²) in [6.45, 7) is 3.52. The van der Waals surface area contributed by atoms with E-state index in [1.165, 1.54) is 14.2 Å². The highest BCUT2D eigenvalue weighted by atomic mass is 16.7. The number of carboxylic acid groups (broad SMARTS) is 1. The lowest BCUT2D eigenvalue weighted by molar-refractivity contribution is -0.184. The monoisotopic (exact) mass is 236 g/mol. The van der Waals surface area contributed by atoms with Crippen molar-refractivity contribution < 1.29 is 19.4 Å². The van der Waals surface area contributed by atoms with E-state index in [4.69, 9.17) is 14.6 Å². The Kier molecular flexibility index (Phi) is 4.43. The third-order valence-electron chi connectivity index (χ3n) is 2.66. The Hall–Kier alpha value is -1.65. The molecule has 0 atom stereocenters. The van der Waals surface area contributed by atoms with E-state index in [9.17, 15) is 4.79 Å². The van der Waals surface area contributed by atoms with Crippen LogP contribution in [0, 0.1) is 0 Å². The Labute approximate surface area is 100 Å². The van der Waals surface area contributed by atoms with Crippen molar-refractivity contribution in [3.8, 4) is 0 Å². The third-order valence-corrected chi connectivity index (χ3v) is 2.66. The number of methoxy groups -OCH3 is 2. The lowest BCUT2D eigenvalue weighted by Crippen LogP contribution is -2.41. The quantitative estimate of drug-likeness (QED) is 0.605. The summed E-state index contributed by atoms with van der Waals surface area (Å²) in [5.74, 6) is -2.46. The minimum Gasteiger partial charge on any atom is -0.478 e. The van der Waals surface area contributed by atoms with Crippen LogP contribution >= 0.6 is 0 Å². The van der Waals surface area contributed by atoms with Crippen molar-refractivity contribution in [2.45, 2.75) is 12.2 Å². The first-order chi connectivity index (χ1) is 8.05. The largest absolute Gasteiger partial charge is 0.478 e. The molecule has 0 amide bonds. The average Bonchev–Trinajstić information content (AvgIpc) is 2.36. The molecule has 0 fully saturated rings. The van der Waals surface area contributed by atoms with Crippen molar-refractivity contribution in [3.05, 3.63) is 48.0 Å². The van der Waals surface area contributed by atoms with Gasteiger partial charge in [-0.15, -0.1) is 0 Å². The fraction of sp³-hybridized carbons (Fsp3) is 0.308. The molecule has 1 rings (SSSR count). The standard InChI is InChI=1S/C13H16O4/c1-10(12(14)15)13(16-2,17-3)9-11-7-5-4-6-8-11/h4-8H,1,9H2,2-3H3,(H,14,15). The molecule has 0 aliphatic carbocycles. The summed E-state index contributed by atoms with van der Waals surface area (Å²) in [5, 5.41) is 9.00. The minimum absolute atomic E-state index is 0.119. The lowest BCUT2D eigenvalue weighted by atomic mass is 9.98. The maximum Gasteiger partial charge on any atom is 0.336 e. The van der Waals surface area contributed by atoms with Crippen LogP contribution < -0.4 is 0 Å². The van der Waals surface area contributed by atoms with E-state index in [0.717, 1.165) is 5.56 Å². The van der Waals surface area contributed by atoms with Gasteiger partial charge in [0.25, 0.3) is 0 Å². The van der Waals surface area contributed by atoms with E-state index in [2.05, 4.69) is 6.58 Å². The van der Waals surface area contributed by atoms with Gasteiger partial charge < -0.3 is 14.6 Å². The number of hydrogen-bond acceptors (Lipinski definition) is 3. The first kappa shape index (κ1) is 13.4. The number of rotatable bonds is 6. The number of aliphatic carboxylic acids is 1. The predicted molar refractivity (Wildman–Crippen MR) is 63.7 cm³/mol. The van der Waals surface area contributed by atoms with Crippen molar-refractivity contribution in [1.29, 1.82) is 0 Å². The first-order valence-electron chi connectivity index (χ1n) is 5.12. The molecule has 0 bridgehead atoms. The van der Waals surface area contributed by atoms with Gasteiger partial charge in [-0.1, -0.05) is 36.9 Å². The second-order valence-electron chi connectivity index (χ2n) is 3.61. The molecule has 1 N–H and O–H groups in total. The molecule has 92 valence electrons. The highest BCUT2D eigenvalue weighted by molar-refractivity contribution is 5.87. The summed E-state index contributed by atoms with van der Waals surface area (Å²) in [6.07, 6.45) is 0.298. The SMILES string of the molecule is C=C(C(=O)O)C(Cc1ccccc1)(OC)OC. The van der Waals surface area contributed by atoms with Gasteiger partial charge in [-0.25, -0.2) is 4.79 Å². The van der Waals surface area contributed by atoms with Crippen LogP contribution in [0.5, 0.6) is 0 Å². The van der Waals surface area contributed by atoms with Gasteiger partial charge in [0, 0.05) is 20.6 Å². The van der Waals surface area contributed by atoms with Crippen LogP contribution in [0.1, 0.15) is 5.56 Å². The molecule has 17 heavy (non-hydrogen) atoms. The van der Waals surface area contributed by atoms with Crippen molar-refractivity contribution in [1.82, 2.24) is 0 Å². The van der Waals surface area contributed by atoms with Crippen LogP contribution in [-0.4, -0.2) is 31.1 Å². The molecule has 0 aliphatic rings. The molecule has 0 unspecified atom stereocenters. The number of benzene rings is 1. The minimum atomic E-state index is -1.33. The van der Waals surface area contributed by atoms with Crippen molar-refractivity contribution >= 4 is 5.97 Å². The van der Waals surface area contributed by atoms with Crippen LogP contribution in [0.3, 0.4) is 0 Å². The lowest BCUT2D eigenvalue weighted by Gasteiger charge is -2.31. The van der Waals surface area contributed by atoms with E-state index in [-0.39, 0.29) is 5.57 Å². The van der Waals surface area contributed by atoms with Crippen LogP contribution in [-0.2, 0) is 20.7 Å².